The number of rotatable bonds is 3. The highest BCUT2D eigenvalue weighted by atomic mass is 79.9. The number of benzene rings is 2. The van der Waals surface area contributed by atoms with Crippen molar-refractivity contribution >= 4 is 15.9 Å². The normalized spacial score (nSPS) is 11.7. The molecular formula is C15H13BrN2O. The minimum Gasteiger partial charge on any atom is -0.457 e. The van der Waals surface area contributed by atoms with Crippen molar-refractivity contribution in [3.05, 3.63) is 58.1 Å². The molecule has 0 bridgehead atoms. The van der Waals surface area contributed by atoms with Crippen LogP contribution in [0.2, 0.25) is 0 Å². The fraction of sp³-hybridized carbons (Fsp3) is 0.133. The second-order valence-electron chi connectivity index (χ2n) is 4.21. The molecule has 0 radical (unpaired) electrons. The molecule has 0 spiro atoms. The minimum atomic E-state index is -0.0293. The van der Waals surface area contributed by atoms with Gasteiger partial charge in [-0.3, -0.25) is 0 Å². The minimum absolute atomic E-state index is 0.0293. The van der Waals surface area contributed by atoms with Crippen LogP contribution in [-0.4, -0.2) is 0 Å². The lowest BCUT2D eigenvalue weighted by atomic mass is 10.1. The number of halogens is 1. The summed E-state index contributed by atoms with van der Waals surface area (Å²) >= 11 is 3.48. The van der Waals surface area contributed by atoms with Gasteiger partial charge in [-0.25, -0.2) is 0 Å². The predicted molar refractivity (Wildman–Crippen MR) is 78.0 cm³/mol. The molecule has 2 N–H and O–H groups in total. The first-order valence-corrected chi connectivity index (χ1v) is 6.62. The van der Waals surface area contributed by atoms with Crippen LogP contribution in [-0.2, 0) is 0 Å². The van der Waals surface area contributed by atoms with Crippen LogP contribution >= 0.6 is 15.9 Å². The highest BCUT2D eigenvalue weighted by Gasteiger charge is 2.06. The predicted octanol–water partition coefficient (Wildman–Crippen LogP) is 4.13. The second kappa shape index (κ2) is 5.87. The Morgan fingerprint density at radius 3 is 2.32 bits per heavy atom. The van der Waals surface area contributed by atoms with Gasteiger partial charge >= 0.3 is 0 Å². The lowest BCUT2D eigenvalue weighted by Gasteiger charge is -2.11. The van der Waals surface area contributed by atoms with Crippen molar-refractivity contribution in [1.82, 2.24) is 0 Å². The molecule has 19 heavy (non-hydrogen) atoms. The number of nitrogens with zero attached hydrogens (tertiary/aromatic N) is 1. The molecule has 0 saturated carbocycles. The molecule has 0 aliphatic carbocycles. The maximum Gasteiger partial charge on any atom is 0.128 e. The van der Waals surface area contributed by atoms with E-state index in [0.717, 1.165) is 15.8 Å². The van der Waals surface area contributed by atoms with Crippen molar-refractivity contribution in [2.45, 2.75) is 13.0 Å². The molecule has 0 heterocycles. The highest BCUT2D eigenvalue weighted by Crippen LogP contribution is 2.29. The molecule has 2 aromatic rings. The number of hydrogen-bond donors (Lipinski definition) is 1. The smallest absolute Gasteiger partial charge is 0.128 e. The van der Waals surface area contributed by atoms with Gasteiger partial charge in [0.1, 0.15) is 11.5 Å². The zero-order chi connectivity index (χ0) is 13.8. The van der Waals surface area contributed by atoms with E-state index in [9.17, 15) is 0 Å². The van der Waals surface area contributed by atoms with Crippen LogP contribution in [0.5, 0.6) is 11.5 Å². The van der Waals surface area contributed by atoms with Crippen LogP contribution in [0, 0.1) is 11.3 Å². The van der Waals surface area contributed by atoms with Gasteiger partial charge in [-0.2, -0.15) is 5.26 Å². The van der Waals surface area contributed by atoms with Gasteiger partial charge in [0, 0.05) is 10.5 Å². The standard InChI is InChI=1S/C15H13BrN2O/c1-10(18)14-7-6-13(8-15(14)16)19-12-4-2-11(9-17)3-5-12/h2-8,10H,18H2,1H3. The Morgan fingerprint density at radius 1 is 1.16 bits per heavy atom. The summed E-state index contributed by atoms with van der Waals surface area (Å²) in [5.41, 5.74) is 7.49. The first-order chi connectivity index (χ1) is 9.10. The highest BCUT2D eigenvalue weighted by molar-refractivity contribution is 9.10. The van der Waals surface area contributed by atoms with E-state index in [2.05, 4.69) is 22.0 Å². The number of hydrogen-bond acceptors (Lipinski definition) is 3. The van der Waals surface area contributed by atoms with Crippen molar-refractivity contribution in [2.75, 3.05) is 0 Å². The summed E-state index contributed by atoms with van der Waals surface area (Å²) in [6.07, 6.45) is 0. The maximum atomic E-state index is 8.73. The largest absolute Gasteiger partial charge is 0.457 e. The van der Waals surface area contributed by atoms with Gasteiger partial charge in [-0.1, -0.05) is 22.0 Å². The second-order valence-corrected chi connectivity index (χ2v) is 5.06. The third-order valence-electron chi connectivity index (χ3n) is 2.68. The average molecular weight is 317 g/mol. The number of nitrogens with two attached hydrogens (primary N) is 1. The molecule has 1 atom stereocenters. The van der Waals surface area contributed by atoms with E-state index in [1.807, 2.05) is 25.1 Å². The van der Waals surface area contributed by atoms with Gasteiger partial charge in [0.05, 0.1) is 11.6 Å². The zero-order valence-electron chi connectivity index (χ0n) is 10.4. The lowest BCUT2D eigenvalue weighted by molar-refractivity contribution is 0.482. The topological polar surface area (TPSA) is 59.0 Å². The van der Waals surface area contributed by atoms with E-state index in [1.54, 1.807) is 24.3 Å². The molecule has 1 unspecified atom stereocenters. The van der Waals surface area contributed by atoms with Crippen LogP contribution in [0.25, 0.3) is 0 Å². The van der Waals surface area contributed by atoms with E-state index < -0.39 is 0 Å². The van der Waals surface area contributed by atoms with E-state index in [0.29, 0.717) is 11.3 Å². The van der Waals surface area contributed by atoms with Crippen molar-refractivity contribution in [3.63, 3.8) is 0 Å². The molecule has 96 valence electrons. The van der Waals surface area contributed by atoms with E-state index in [-0.39, 0.29) is 6.04 Å². The van der Waals surface area contributed by atoms with Gasteiger partial charge < -0.3 is 10.5 Å². The van der Waals surface area contributed by atoms with Crippen LogP contribution in [0.4, 0.5) is 0 Å². The Hall–Kier alpha value is -1.83. The Morgan fingerprint density at radius 2 is 1.79 bits per heavy atom. The number of nitriles is 1. The molecule has 0 amide bonds. The van der Waals surface area contributed by atoms with Gasteiger partial charge in [0.25, 0.3) is 0 Å². The Labute approximate surface area is 120 Å². The summed E-state index contributed by atoms with van der Waals surface area (Å²) in [6, 6.07) is 14.7. The van der Waals surface area contributed by atoms with Crippen molar-refractivity contribution < 1.29 is 4.74 Å². The molecule has 2 aromatic carbocycles. The van der Waals surface area contributed by atoms with E-state index in [4.69, 9.17) is 15.7 Å². The fourth-order valence-corrected chi connectivity index (χ4v) is 2.39. The molecule has 0 aromatic heterocycles. The molecule has 0 fully saturated rings. The molecule has 3 nitrogen and oxygen atoms in total. The first kappa shape index (κ1) is 13.6. The SMILES string of the molecule is CC(N)c1ccc(Oc2ccc(C#N)cc2)cc1Br. The van der Waals surface area contributed by atoms with Gasteiger partial charge in [0.15, 0.2) is 0 Å². The first-order valence-electron chi connectivity index (χ1n) is 5.83. The molecule has 0 aliphatic heterocycles. The summed E-state index contributed by atoms with van der Waals surface area (Å²) in [6.45, 7) is 1.93. The van der Waals surface area contributed by atoms with Gasteiger partial charge in [0.2, 0.25) is 0 Å². The van der Waals surface area contributed by atoms with Gasteiger partial charge in [-0.15, -0.1) is 0 Å². The fourth-order valence-electron chi connectivity index (χ4n) is 1.67. The number of ether oxygens (including phenoxy) is 1. The van der Waals surface area contributed by atoms with Crippen molar-refractivity contribution in [1.29, 1.82) is 5.26 Å². The van der Waals surface area contributed by atoms with Crippen LogP contribution in [0.15, 0.2) is 46.9 Å². The summed E-state index contributed by atoms with van der Waals surface area (Å²) in [5.74, 6) is 1.42. The quantitative estimate of drug-likeness (QED) is 0.926. The Kier molecular flexibility index (Phi) is 4.20. The molecule has 0 aliphatic rings. The van der Waals surface area contributed by atoms with Crippen molar-refractivity contribution in [2.24, 2.45) is 5.73 Å². The molecule has 2 rings (SSSR count). The Balaban J connectivity index is 2.19. The van der Waals surface area contributed by atoms with E-state index in [1.165, 1.54) is 0 Å². The summed E-state index contributed by atoms with van der Waals surface area (Å²) in [5, 5.41) is 8.73. The van der Waals surface area contributed by atoms with Crippen LogP contribution < -0.4 is 10.5 Å². The van der Waals surface area contributed by atoms with Crippen LogP contribution in [0.1, 0.15) is 24.1 Å². The molecule has 4 heteroatoms. The summed E-state index contributed by atoms with van der Waals surface area (Å²) in [4.78, 5) is 0. The lowest BCUT2D eigenvalue weighted by Crippen LogP contribution is -2.05. The summed E-state index contributed by atoms with van der Waals surface area (Å²) in [7, 11) is 0. The average Bonchev–Trinajstić information content (AvgIpc) is 2.39. The molecular weight excluding hydrogens is 304 g/mol. The Bertz CT molecular complexity index is 615. The third-order valence-corrected chi connectivity index (χ3v) is 3.37. The third kappa shape index (κ3) is 3.34. The van der Waals surface area contributed by atoms with Crippen molar-refractivity contribution in [3.8, 4) is 17.6 Å². The molecule has 0 saturated heterocycles. The summed E-state index contributed by atoms with van der Waals surface area (Å²) < 4.78 is 6.64. The van der Waals surface area contributed by atoms with Crippen LogP contribution in [0.3, 0.4) is 0 Å². The monoisotopic (exact) mass is 316 g/mol. The van der Waals surface area contributed by atoms with Gasteiger partial charge in [-0.05, 0) is 48.9 Å². The maximum absolute atomic E-state index is 8.73. The van der Waals surface area contributed by atoms with E-state index >= 15 is 0 Å². The zero-order valence-corrected chi connectivity index (χ0v) is 12.0.